The van der Waals surface area contributed by atoms with Gasteiger partial charge in [-0.15, -0.1) is 0 Å². The third kappa shape index (κ3) is 5.05. The average molecular weight is 555 g/mol. The standard InChI is InChI=1S/C26H31ClF4N6O/c1-6-14-12(2)7-8-33-9-10-34-24-17-21(14)35-22(20(28)23(17)36-25(37-24)38-5)15-11-16(32-4)19(27)13(3)18(15)26(29,30)31/h11-12,14,32-33H,6-10H2,1-5H3,(H,34,36,37). The molecule has 2 aromatic heterocycles. The maximum absolute atomic E-state index is 16.4. The van der Waals surface area contributed by atoms with Crippen LogP contribution in [0.2, 0.25) is 5.02 Å². The predicted molar refractivity (Wildman–Crippen MR) is 142 cm³/mol. The number of nitrogens with zero attached hydrogens (tertiary/aromatic N) is 3. The fourth-order valence-electron chi connectivity index (χ4n) is 5.16. The van der Waals surface area contributed by atoms with Gasteiger partial charge in [-0.1, -0.05) is 25.4 Å². The highest BCUT2D eigenvalue weighted by atomic mass is 35.5. The molecule has 0 saturated heterocycles. The summed E-state index contributed by atoms with van der Waals surface area (Å²) in [5, 5.41) is 9.64. The van der Waals surface area contributed by atoms with Gasteiger partial charge in [-0.2, -0.15) is 23.1 Å². The molecular weight excluding hydrogens is 524 g/mol. The molecule has 0 radical (unpaired) electrons. The summed E-state index contributed by atoms with van der Waals surface area (Å²) in [6, 6.07) is 1.09. The molecule has 0 saturated carbocycles. The lowest BCUT2D eigenvalue weighted by Gasteiger charge is -2.26. The van der Waals surface area contributed by atoms with Crippen LogP contribution >= 0.6 is 11.6 Å². The predicted octanol–water partition coefficient (Wildman–Crippen LogP) is 6.40. The second-order valence-corrected chi connectivity index (χ2v) is 9.81. The number of hydrogen-bond donors (Lipinski definition) is 3. The molecule has 1 aliphatic heterocycles. The Morgan fingerprint density at radius 3 is 2.55 bits per heavy atom. The maximum atomic E-state index is 16.4. The van der Waals surface area contributed by atoms with Crippen LogP contribution in [0.25, 0.3) is 22.2 Å². The average Bonchev–Trinajstić information content (AvgIpc) is 2.90. The van der Waals surface area contributed by atoms with Crippen molar-refractivity contribution in [3.63, 3.8) is 0 Å². The van der Waals surface area contributed by atoms with Gasteiger partial charge in [0.25, 0.3) is 0 Å². The molecule has 3 heterocycles. The number of pyridine rings is 1. The molecule has 3 N–H and O–H groups in total. The molecule has 12 heteroatoms. The van der Waals surface area contributed by atoms with E-state index in [0.717, 1.165) is 13.0 Å². The highest BCUT2D eigenvalue weighted by Gasteiger charge is 2.39. The zero-order valence-corrected chi connectivity index (χ0v) is 22.7. The molecule has 1 aliphatic rings. The molecule has 1 aromatic carbocycles. The minimum atomic E-state index is -4.81. The van der Waals surface area contributed by atoms with Gasteiger partial charge in [-0.3, -0.25) is 0 Å². The van der Waals surface area contributed by atoms with E-state index < -0.39 is 28.8 Å². The molecule has 0 amide bonds. The van der Waals surface area contributed by atoms with Crippen molar-refractivity contribution >= 4 is 34.0 Å². The number of benzene rings is 1. The minimum absolute atomic E-state index is 0.0913. The highest BCUT2D eigenvalue weighted by Crippen LogP contribution is 2.47. The van der Waals surface area contributed by atoms with Crippen molar-refractivity contribution in [3.05, 3.63) is 33.7 Å². The summed E-state index contributed by atoms with van der Waals surface area (Å²) in [5.74, 6) is -0.761. The van der Waals surface area contributed by atoms with E-state index in [-0.39, 0.29) is 39.6 Å². The number of anilines is 2. The van der Waals surface area contributed by atoms with E-state index in [9.17, 15) is 13.2 Å². The van der Waals surface area contributed by atoms with E-state index in [4.69, 9.17) is 16.3 Å². The van der Waals surface area contributed by atoms with Crippen LogP contribution in [-0.2, 0) is 6.18 Å². The molecule has 38 heavy (non-hydrogen) atoms. The van der Waals surface area contributed by atoms with Crippen LogP contribution in [-0.4, -0.2) is 48.7 Å². The molecule has 206 valence electrons. The Labute approximate surface area is 223 Å². The SMILES string of the molecule is CCC1c2nc(-c3cc(NC)c(Cl)c(C)c3C(F)(F)F)c(F)c3nc(OC)nc(c23)NCCNCCC1C. The molecule has 2 atom stereocenters. The summed E-state index contributed by atoms with van der Waals surface area (Å²) in [6.07, 6.45) is -3.37. The van der Waals surface area contributed by atoms with Gasteiger partial charge in [0, 0.05) is 31.6 Å². The van der Waals surface area contributed by atoms with Gasteiger partial charge in [0.1, 0.15) is 17.0 Å². The summed E-state index contributed by atoms with van der Waals surface area (Å²) in [5.41, 5.74) is -1.58. The lowest BCUT2D eigenvalue weighted by atomic mass is 9.84. The van der Waals surface area contributed by atoms with Crippen molar-refractivity contribution in [3.8, 4) is 17.3 Å². The molecule has 7 nitrogen and oxygen atoms in total. The molecule has 4 rings (SSSR count). The van der Waals surface area contributed by atoms with Crippen LogP contribution in [0.5, 0.6) is 6.01 Å². The second-order valence-electron chi connectivity index (χ2n) is 9.43. The Morgan fingerprint density at radius 1 is 1.18 bits per heavy atom. The van der Waals surface area contributed by atoms with Crippen molar-refractivity contribution in [2.75, 3.05) is 44.4 Å². The van der Waals surface area contributed by atoms with Gasteiger partial charge in [0.2, 0.25) is 0 Å². The third-order valence-electron chi connectivity index (χ3n) is 7.13. The molecule has 2 unspecified atom stereocenters. The van der Waals surface area contributed by atoms with Gasteiger partial charge >= 0.3 is 12.2 Å². The number of alkyl halides is 3. The lowest BCUT2D eigenvalue weighted by molar-refractivity contribution is -0.137. The summed E-state index contributed by atoms with van der Waals surface area (Å²) >= 11 is 6.25. The largest absolute Gasteiger partial charge is 0.467 e. The Balaban J connectivity index is 2.17. The van der Waals surface area contributed by atoms with Gasteiger partial charge in [-0.25, -0.2) is 9.37 Å². The van der Waals surface area contributed by atoms with Crippen LogP contribution in [0, 0.1) is 18.7 Å². The normalized spacial score (nSPS) is 18.6. The number of rotatable bonds is 4. The first-order valence-electron chi connectivity index (χ1n) is 12.5. The summed E-state index contributed by atoms with van der Waals surface area (Å²) in [6.45, 7) is 7.20. The molecule has 0 spiro atoms. The van der Waals surface area contributed by atoms with Crippen molar-refractivity contribution in [2.24, 2.45) is 5.92 Å². The maximum Gasteiger partial charge on any atom is 0.417 e. The van der Waals surface area contributed by atoms with Crippen LogP contribution < -0.4 is 20.7 Å². The van der Waals surface area contributed by atoms with Gasteiger partial charge < -0.3 is 20.7 Å². The number of hydrogen-bond acceptors (Lipinski definition) is 7. The third-order valence-corrected chi connectivity index (χ3v) is 7.62. The van der Waals surface area contributed by atoms with E-state index in [0.29, 0.717) is 36.4 Å². The Hall–Kier alpha value is -2.92. The van der Waals surface area contributed by atoms with E-state index >= 15 is 4.39 Å². The number of halogens is 5. The summed E-state index contributed by atoms with van der Waals surface area (Å²) in [4.78, 5) is 13.3. The number of aromatic nitrogens is 3. The summed E-state index contributed by atoms with van der Waals surface area (Å²) in [7, 11) is 2.88. The lowest BCUT2D eigenvalue weighted by Crippen LogP contribution is -2.24. The number of methoxy groups -OCH3 is 1. The van der Waals surface area contributed by atoms with E-state index in [1.54, 1.807) is 0 Å². The minimum Gasteiger partial charge on any atom is -0.467 e. The second kappa shape index (κ2) is 11.1. The first-order chi connectivity index (χ1) is 18.0. The van der Waals surface area contributed by atoms with Gasteiger partial charge in [0.15, 0.2) is 5.82 Å². The molecule has 0 aliphatic carbocycles. The van der Waals surface area contributed by atoms with E-state index in [1.807, 2.05) is 6.92 Å². The quantitative estimate of drug-likeness (QED) is 0.322. The zero-order chi connectivity index (χ0) is 27.8. The smallest absolute Gasteiger partial charge is 0.417 e. The van der Waals surface area contributed by atoms with Crippen LogP contribution in [0.1, 0.15) is 49.4 Å². The van der Waals surface area contributed by atoms with Crippen LogP contribution in [0.3, 0.4) is 0 Å². The molecular formula is C26H31ClF4N6O. The first kappa shape index (κ1) is 28.1. The first-order valence-corrected chi connectivity index (χ1v) is 12.9. The van der Waals surface area contributed by atoms with Crippen LogP contribution in [0.15, 0.2) is 6.07 Å². The number of nitrogens with one attached hydrogen (secondary N) is 3. The van der Waals surface area contributed by atoms with E-state index in [1.165, 1.54) is 27.1 Å². The van der Waals surface area contributed by atoms with Crippen molar-refractivity contribution in [1.82, 2.24) is 20.3 Å². The van der Waals surface area contributed by atoms with Crippen molar-refractivity contribution in [2.45, 2.75) is 45.7 Å². The molecule has 0 bridgehead atoms. The highest BCUT2D eigenvalue weighted by molar-refractivity contribution is 6.34. The molecule has 0 fully saturated rings. The Bertz CT molecular complexity index is 1350. The monoisotopic (exact) mass is 554 g/mol. The molecule has 3 aromatic rings. The Morgan fingerprint density at radius 2 is 1.92 bits per heavy atom. The topological polar surface area (TPSA) is 84.0 Å². The Kier molecular flexibility index (Phi) is 8.17. The van der Waals surface area contributed by atoms with Gasteiger partial charge in [-0.05, 0) is 43.9 Å². The van der Waals surface area contributed by atoms with E-state index in [2.05, 4.69) is 37.8 Å². The van der Waals surface area contributed by atoms with Crippen molar-refractivity contribution < 1.29 is 22.3 Å². The fourth-order valence-corrected chi connectivity index (χ4v) is 5.41. The fraction of sp³-hybridized carbons (Fsp3) is 0.500. The summed E-state index contributed by atoms with van der Waals surface area (Å²) < 4.78 is 64.8. The van der Waals surface area contributed by atoms with Gasteiger partial charge in [0.05, 0.1) is 34.5 Å². The zero-order valence-electron chi connectivity index (χ0n) is 21.9. The van der Waals surface area contributed by atoms with Crippen LogP contribution in [0.4, 0.5) is 29.1 Å². The number of ether oxygens (including phenoxy) is 1. The van der Waals surface area contributed by atoms with Crippen molar-refractivity contribution in [1.29, 1.82) is 0 Å².